The number of carbonyl (C=O) groups is 1. The second-order valence-corrected chi connectivity index (χ2v) is 7.31. The topological polar surface area (TPSA) is 52.2 Å². The largest absolute Gasteiger partial charge is 0.340 e. The number of halogens is 2. The van der Waals surface area contributed by atoms with Crippen LogP contribution in [0.1, 0.15) is 11.4 Å². The fourth-order valence-electron chi connectivity index (χ4n) is 3.21. The number of rotatable bonds is 4. The molecule has 1 aromatic heterocycles. The molecule has 0 unspecified atom stereocenters. The predicted molar refractivity (Wildman–Crippen MR) is 103 cm³/mol. The molecule has 7 heteroatoms. The zero-order valence-corrected chi connectivity index (χ0v) is 15.6. The molecular formula is C19H18Cl2N4O. The maximum atomic E-state index is 12.5. The van der Waals surface area contributed by atoms with E-state index < -0.39 is 0 Å². The number of aromatic nitrogens is 2. The molecule has 3 aromatic rings. The Morgan fingerprint density at radius 2 is 1.92 bits per heavy atom. The molecule has 2 heterocycles. The van der Waals surface area contributed by atoms with Gasteiger partial charge in [0.2, 0.25) is 5.91 Å². The highest BCUT2D eigenvalue weighted by Crippen LogP contribution is 2.23. The number of nitrogens with zero attached hydrogens (tertiary/aromatic N) is 3. The van der Waals surface area contributed by atoms with Gasteiger partial charge in [0.15, 0.2) is 0 Å². The van der Waals surface area contributed by atoms with Gasteiger partial charge in [0.05, 0.1) is 24.1 Å². The first-order valence-electron chi connectivity index (χ1n) is 8.46. The van der Waals surface area contributed by atoms with Gasteiger partial charge in [0, 0.05) is 29.7 Å². The van der Waals surface area contributed by atoms with Crippen LogP contribution < -0.4 is 0 Å². The van der Waals surface area contributed by atoms with Crippen molar-refractivity contribution in [1.29, 1.82) is 0 Å². The molecule has 1 saturated heterocycles. The SMILES string of the molecule is O=C1CN(Cc2ccc(Cl)cc2Cl)CCN1Cc1nc2ccccc2[nH]1. The Hall–Kier alpha value is -2.08. The van der Waals surface area contributed by atoms with Gasteiger partial charge in [-0.2, -0.15) is 0 Å². The lowest BCUT2D eigenvalue weighted by molar-refractivity contribution is -0.137. The third-order valence-electron chi connectivity index (χ3n) is 4.59. The average Bonchev–Trinajstić information content (AvgIpc) is 3.02. The minimum atomic E-state index is 0.0989. The molecule has 26 heavy (non-hydrogen) atoms. The average molecular weight is 389 g/mol. The summed E-state index contributed by atoms with van der Waals surface area (Å²) >= 11 is 12.2. The number of imidazole rings is 1. The van der Waals surface area contributed by atoms with Gasteiger partial charge in [0.25, 0.3) is 0 Å². The van der Waals surface area contributed by atoms with Gasteiger partial charge in [-0.25, -0.2) is 4.98 Å². The smallest absolute Gasteiger partial charge is 0.237 e. The Balaban J connectivity index is 1.39. The van der Waals surface area contributed by atoms with Crippen LogP contribution in [0.5, 0.6) is 0 Å². The molecular weight excluding hydrogens is 371 g/mol. The monoisotopic (exact) mass is 388 g/mol. The van der Waals surface area contributed by atoms with Crippen molar-refractivity contribution in [3.63, 3.8) is 0 Å². The van der Waals surface area contributed by atoms with Crippen LogP contribution in [0, 0.1) is 0 Å². The lowest BCUT2D eigenvalue weighted by Crippen LogP contribution is -2.49. The second kappa shape index (κ2) is 7.27. The molecule has 1 N–H and O–H groups in total. The molecule has 0 bridgehead atoms. The number of aromatic amines is 1. The van der Waals surface area contributed by atoms with E-state index in [0.29, 0.717) is 36.2 Å². The standard InChI is InChI=1S/C19H18Cl2N4O/c20-14-6-5-13(15(21)9-14)10-24-7-8-25(19(26)12-24)11-18-22-16-3-1-2-4-17(16)23-18/h1-6,9H,7-8,10-12H2,(H,22,23). The summed E-state index contributed by atoms with van der Waals surface area (Å²) < 4.78 is 0. The van der Waals surface area contributed by atoms with E-state index in [0.717, 1.165) is 29.0 Å². The summed E-state index contributed by atoms with van der Waals surface area (Å²) in [5.74, 6) is 0.913. The predicted octanol–water partition coefficient (Wildman–Crippen LogP) is 3.71. The Morgan fingerprint density at radius 3 is 2.69 bits per heavy atom. The van der Waals surface area contributed by atoms with E-state index in [1.807, 2.05) is 41.3 Å². The fourth-order valence-corrected chi connectivity index (χ4v) is 3.68. The highest BCUT2D eigenvalue weighted by Gasteiger charge is 2.25. The summed E-state index contributed by atoms with van der Waals surface area (Å²) in [4.78, 5) is 24.3. The number of amides is 1. The van der Waals surface area contributed by atoms with E-state index in [1.165, 1.54) is 0 Å². The van der Waals surface area contributed by atoms with Crippen molar-refractivity contribution in [2.24, 2.45) is 0 Å². The number of para-hydroxylation sites is 2. The van der Waals surface area contributed by atoms with Crippen LogP contribution in [-0.4, -0.2) is 45.3 Å². The normalized spacial score (nSPS) is 15.8. The van der Waals surface area contributed by atoms with E-state index in [-0.39, 0.29) is 5.91 Å². The first-order valence-corrected chi connectivity index (χ1v) is 9.22. The van der Waals surface area contributed by atoms with Crippen LogP contribution >= 0.6 is 23.2 Å². The Bertz CT molecular complexity index is 923. The van der Waals surface area contributed by atoms with Crippen molar-refractivity contribution in [1.82, 2.24) is 19.8 Å². The number of nitrogens with one attached hydrogen (secondary N) is 1. The number of hydrogen-bond acceptors (Lipinski definition) is 3. The van der Waals surface area contributed by atoms with E-state index in [1.54, 1.807) is 6.07 Å². The minimum absolute atomic E-state index is 0.0989. The highest BCUT2D eigenvalue weighted by atomic mass is 35.5. The highest BCUT2D eigenvalue weighted by molar-refractivity contribution is 6.35. The Kier molecular flexibility index (Phi) is 4.85. The number of fused-ring (bicyclic) bond motifs is 1. The lowest BCUT2D eigenvalue weighted by Gasteiger charge is -2.34. The van der Waals surface area contributed by atoms with Crippen LogP contribution in [0.3, 0.4) is 0 Å². The fraction of sp³-hybridized carbons (Fsp3) is 0.263. The lowest BCUT2D eigenvalue weighted by atomic mass is 10.2. The van der Waals surface area contributed by atoms with Crippen molar-refractivity contribution in [2.75, 3.05) is 19.6 Å². The molecule has 1 amide bonds. The van der Waals surface area contributed by atoms with Gasteiger partial charge in [0.1, 0.15) is 5.82 Å². The van der Waals surface area contributed by atoms with Gasteiger partial charge in [-0.3, -0.25) is 9.69 Å². The third kappa shape index (κ3) is 3.70. The number of piperazine rings is 1. The molecule has 5 nitrogen and oxygen atoms in total. The summed E-state index contributed by atoms with van der Waals surface area (Å²) in [6.07, 6.45) is 0. The van der Waals surface area contributed by atoms with Crippen LogP contribution in [0.15, 0.2) is 42.5 Å². The van der Waals surface area contributed by atoms with Gasteiger partial charge in [-0.15, -0.1) is 0 Å². The van der Waals surface area contributed by atoms with Gasteiger partial charge < -0.3 is 9.88 Å². The minimum Gasteiger partial charge on any atom is -0.340 e. The molecule has 134 valence electrons. The van der Waals surface area contributed by atoms with Crippen LogP contribution in [0.25, 0.3) is 11.0 Å². The molecule has 0 atom stereocenters. The van der Waals surface area contributed by atoms with Crippen molar-refractivity contribution in [3.8, 4) is 0 Å². The van der Waals surface area contributed by atoms with Crippen molar-refractivity contribution in [2.45, 2.75) is 13.1 Å². The maximum absolute atomic E-state index is 12.5. The van der Waals surface area contributed by atoms with E-state index in [4.69, 9.17) is 23.2 Å². The van der Waals surface area contributed by atoms with Gasteiger partial charge in [-0.05, 0) is 29.8 Å². The molecule has 0 radical (unpaired) electrons. The van der Waals surface area contributed by atoms with Gasteiger partial charge >= 0.3 is 0 Å². The Morgan fingerprint density at radius 1 is 1.08 bits per heavy atom. The van der Waals surface area contributed by atoms with Gasteiger partial charge in [-0.1, -0.05) is 41.4 Å². The zero-order valence-electron chi connectivity index (χ0n) is 14.1. The number of benzene rings is 2. The molecule has 1 aliphatic heterocycles. The third-order valence-corrected chi connectivity index (χ3v) is 5.17. The molecule has 0 saturated carbocycles. The van der Waals surface area contributed by atoms with Crippen molar-refractivity contribution < 1.29 is 4.79 Å². The summed E-state index contributed by atoms with van der Waals surface area (Å²) in [5, 5.41) is 1.25. The first kappa shape index (κ1) is 17.3. The molecule has 2 aromatic carbocycles. The quantitative estimate of drug-likeness (QED) is 0.740. The van der Waals surface area contributed by atoms with Crippen LogP contribution in [0.2, 0.25) is 10.0 Å². The molecule has 1 aliphatic rings. The Labute approximate surface area is 161 Å². The number of hydrogen-bond donors (Lipinski definition) is 1. The van der Waals surface area contributed by atoms with Crippen LogP contribution in [0.4, 0.5) is 0 Å². The second-order valence-electron chi connectivity index (χ2n) is 6.46. The van der Waals surface area contributed by atoms with Crippen LogP contribution in [-0.2, 0) is 17.9 Å². The summed E-state index contributed by atoms with van der Waals surface area (Å²) in [6, 6.07) is 13.3. The van der Waals surface area contributed by atoms with E-state index >= 15 is 0 Å². The molecule has 4 rings (SSSR count). The zero-order chi connectivity index (χ0) is 18.1. The van der Waals surface area contributed by atoms with E-state index in [2.05, 4.69) is 14.9 Å². The first-order chi connectivity index (χ1) is 12.6. The molecule has 0 spiro atoms. The summed E-state index contributed by atoms with van der Waals surface area (Å²) in [6.45, 7) is 2.98. The van der Waals surface area contributed by atoms with Crippen molar-refractivity contribution >= 4 is 40.1 Å². The van der Waals surface area contributed by atoms with E-state index in [9.17, 15) is 4.79 Å². The van der Waals surface area contributed by atoms with Crippen molar-refractivity contribution in [3.05, 3.63) is 63.9 Å². The summed E-state index contributed by atoms with van der Waals surface area (Å²) in [5.41, 5.74) is 2.89. The summed E-state index contributed by atoms with van der Waals surface area (Å²) in [7, 11) is 0. The molecule has 0 aliphatic carbocycles. The maximum Gasteiger partial charge on any atom is 0.237 e. The number of carbonyl (C=O) groups excluding carboxylic acids is 1. The molecule has 1 fully saturated rings. The number of H-pyrrole nitrogens is 1.